The minimum absolute atomic E-state index is 0.142. The number of fused-ring (bicyclic) bond motifs is 1. The van der Waals surface area contributed by atoms with Crippen LogP contribution >= 0.6 is 0 Å². The summed E-state index contributed by atoms with van der Waals surface area (Å²) < 4.78 is 59.3. The third kappa shape index (κ3) is 4.57. The number of nitrogens with two attached hydrogens (primary N) is 1. The number of methoxy groups -OCH3 is 1. The summed E-state index contributed by atoms with van der Waals surface area (Å²) in [6.07, 6.45) is -3.46. The fraction of sp³-hybridized carbons (Fsp3) is 0.182. The van der Waals surface area contributed by atoms with E-state index in [1.807, 2.05) is 0 Å². The summed E-state index contributed by atoms with van der Waals surface area (Å²) in [5.74, 6) is -1.94. The monoisotopic (exact) mass is 490 g/mol. The van der Waals surface area contributed by atoms with E-state index < -0.39 is 29.0 Å². The second-order valence-electron chi connectivity index (χ2n) is 7.31. The number of benzene rings is 2. The van der Waals surface area contributed by atoms with Crippen molar-refractivity contribution >= 4 is 28.4 Å². The maximum absolute atomic E-state index is 14.2. The van der Waals surface area contributed by atoms with E-state index in [9.17, 15) is 27.5 Å². The molecular weight excluding hydrogens is 472 g/mol. The maximum Gasteiger partial charge on any atom is 0.416 e. The van der Waals surface area contributed by atoms with Crippen LogP contribution in [0.4, 0.5) is 29.1 Å². The van der Waals surface area contributed by atoms with E-state index in [-0.39, 0.29) is 36.5 Å². The minimum atomic E-state index is -4.74. The number of anilines is 2. The van der Waals surface area contributed by atoms with E-state index >= 15 is 0 Å². The number of rotatable bonds is 6. The molecule has 2 aromatic carbocycles. The average molecular weight is 490 g/mol. The lowest BCUT2D eigenvalue weighted by atomic mass is 10.1. The quantitative estimate of drug-likeness (QED) is 0.353. The zero-order valence-corrected chi connectivity index (χ0v) is 18.1. The Morgan fingerprint density at radius 1 is 1.20 bits per heavy atom. The molecule has 0 aliphatic carbocycles. The molecule has 4 N–H and O–H groups in total. The summed E-state index contributed by atoms with van der Waals surface area (Å²) >= 11 is 0. The third-order valence-electron chi connectivity index (χ3n) is 5.13. The Balaban J connectivity index is 1.68. The van der Waals surface area contributed by atoms with Crippen molar-refractivity contribution in [3.63, 3.8) is 0 Å². The molecule has 0 bridgehead atoms. The first-order valence-corrected chi connectivity index (χ1v) is 10.1. The van der Waals surface area contributed by atoms with Crippen molar-refractivity contribution in [1.82, 2.24) is 19.7 Å². The van der Waals surface area contributed by atoms with Crippen LogP contribution in [0.1, 0.15) is 15.9 Å². The molecule has 1 amide bonds. The molecule has 2 heterocycles. The number of carbonyl (C=O) groups excluding carboxylic acids is 1. The second-order valence-corrected chi connectivity index (χ2v) is 7.31. The van der Waals surface area contributed by atoms with Gasteiger partial charge in [-0.25, -0.2) is 19.0 Å². The fourth-order valence-corrected chi connectivity index (χ4v) is 3.49. The molecule has 182 valence electrons. The Hall–Kier alpha value is -4.26. The van der Waals surface area contributed by atoms with Gasteiger partial charge >= 0.3 is 6.18 Å². The highest BCUT2D eigenvalue weighted by Crippen LogP contribution is 2.35. The van der Waals surface area contributed by atoms with Crippen LogP contribution in [0.15, 0.2) is 42.7 Å². The topological polar surface area (TPSA) is 128 Å². The number of carbonyl (C=O) groups is 1. The Morgan fingerprint density at radius 3 is 2.63 bits per heavy atom. The van der Waals surface area contributed by atoms with Crippen LogP contribution in [0.3, 0.4) is 0 Å². The lowest BCUT2D eigenvalue weighted by Gasteiger charge is -2.13. The fourth-order valence-electron chi connectivity index (χ4n) is 3.49. The van der Waals surface area contributed by atoms with Gasteiger partial charge in [0.25, 0.3) is 5.91 Å². The molecule has 9 nitrogen and oxygen atoms in total. The van der Waals surface area contributed by atoms with Crippen LogP contribution in [0.25, 0.3) is 22.3 Å². The van der Waals surface area contributed by atoms with Crippen LogP contribution in [-0.4, -0.2) is 44.5 Å². The van der Waals surface area contributed by atoms with Crippen molar-refractivity contribution in [2.75, 3.05) is 24.8 Å². The Bertz CT molecular complexity index is 1420. The normalized spacial score (nSPS) is 11.6. The molecule has 0 saturated heterocycles. The van der Waals surface area contributed by atoms with Crippen LogP contribution in [-0.2, 0) is 12.7 Å². The number of hydrogen-bond acceptors (Lipinski definition) is 7. The Morgan fingerprint density at radius 2 is 1.97 bits per heavy atom. The maximum atomic E-state index is 14.2. The van der Waals surface area contributed by atoms with Crippen LogP contribution in [0.2, 0.25) is 0 Å². The van der Waals surface area contributed by atoms with Gasteiger partial charge in [-0.05, 0) is 30.3 Å². The molecule has 4 rings (SSSR count). The molecule has 13 heteroatoms. The largest absolute Gasteiger partial charge is 0.495 e. The van der Waals surface area contributed by atoms with Crippen molar-refractivity contribution in [1.29, 1.82) is 0 Å². The number of nitrogen functional groups attached to an aromatic ring is 1. The van der Waals surface area contributed by atoms with Gasteiger partial charge < -0.3 is 20.9 Å². The van der Waals surface area contributed by atoms with E-state index in [0.717, 1.165) is 6.07 Å². The summed E-state index contributed by atoms with van der Waals surface area (Å²) in [4.78, 5) is 20.7. The molecule has 0 radical (unpaired) electrons. The number of aliphatic hydroxyl groups excluding tert-OH is 1. The van der Waals surface area contributed by atoms with Crippen LogP contribution in [0, 0.1) is 5.82 Å². The molecule has 2 aromatic heterocycles. The number of alkyl halides is 3. The van der Waals surface area contributed by atoms with Gasteiger partial charge in [-0.2, -0.15) is 18.3 Å². The van der Waals surface area contributed by atoms with Gasteiger partial charge in [0.15, 0.2) is 5.65 Å². The van der Waals surface area contributed by atoms with Gasteiger partial charge in [0.2, 0.25) is 0 Å². The number of nitrogens with zero attached hydrogens (tertiary/aromatic N) is 4. The number of halogens is 4. The zero-order chi connectivity index (χ0) is 25.3. The summed E-state index contributed by atoms with van der Waals surface area (Å²) in [6.45, 7) is -0.0220. The van der Waals surface area contributed by atoms with Gasteiger partial charge in [0.1, 0.15) is 29.4 Å². The highest BCUT2D eigenvalue weighted by Gasteiger charge is 2.31. The Labute approximate surface area is 195 Å². The van der Waals surface area contributed by atoms with Crippen molar-refractivity contribution in [3.05, 3.63) is 59.7 Å². The van der Waals surface area contributed by atoms with Gasteiger partial charge in [-0.3, -0.25) is 4.79 Å². The van der Waals surface area contributed by atoms with Crippen molar-refractivity contribution in [3.8, 4) is 17.0 Å². The predicted molar refractivity (Wildman–Crippen MR) is 118 cm³/mol. The number of aliphatic hydroxyl groups is 1. The van der Waals surface area contributed by atoms with E-state index in [1.54, 1.807) is 6.07 Å². The number of hydrogen-bond donors (Lipinski definition) is 3. The SMILES string of the molecule is COc1cc(-c2nn(CCO)c3ncnc(N)c23)ccc1NC(=O)c1ccc(C(F)(F)F)cc1F. The predicted octanol–water partition coefficient (Wildman–Crippen LogP) is 3.49. The van der Waals surface area contributed by atoms with Gasteiger partial charge in [-0.15, -0.1) is 0 Å². The van der Waals surface area contributed by atoms with Crippen molar-refractivity contribution in [2.45, 2.75) is 12.7 Å². The van der Waals surface area contributed by atoms with Crippen LogP contribution < -0.4 is 15.8 Å². The summed E-state index contributed by atoms with van der Waals surface area (Å²) in [5, 5.41) is 16.7. The third-order valence-corrected chi connectivity index (χ3v) is 5.13. The summed E-state index contributed by atoms with van der Waals surface area (Å²) in [7, 11) is 1.34. The standard InChI is InChI=1S/C22H18F4N6O3/c1-35-16-8-11(18-17-19(27)28-10-29-20(17)32(31-18)6-7-33)2-5-15(16)30-21(34)13-4-3-12(9-14(13)23)22(24,25)26/h2-5,8-10,33H,6-7H2,1H3,(H,30,34)(H2,27,28,29). The average Bonchev–Trinajstić information content (AvgIpc) is 3.18. The highest BCUT2D eigenvalue weighted by molar-refractivity contribution is 6.05. The van der Waals surface area contributed by atoms with Gasteiger partial charge in [0.05, 0.1) is 42.5 Å². The molecule has 35 heavy (non-hydrogen) atoms. The smallest absolute Gasteiger partial charge is 0.416 e. The molecule has 0 atom stereocenters. The van der Waals surface area contributed by atoms with Crippen molar-refractivity contribution < 1.29 is 32.2 Å². The first kappa shape index (κ1) is 23.9. The number of aromatic nitrogens is 4. The van der Waals surface area contributed by atoms with E-state index in [0.29, 0.717) is 28.4 Å². The molecule has 0 spiro atoms. The molecular formula is C22H18F4N6O3. The lowest BCUT2D eigenvalue weighted by Crippen LogP contribution is -2.15. The zero-order valence-electron chi connectivity index (χ0n) is 18.1. The van der Waals surface area contributed by atoms with Gasteiger partial charge in [-0.1, -0.05) is 6.07 Å². The summed E-state index contributed by atoms with van der Waals surface area (Å²) in [5.41, 5.74) is 5.73. The van der Waals surface area contributed by atoms with E-state index in [4.69, 9.17) is 10.5 Å². The van der Waals surface area contributed by atoms with Gasteiger partial charge in [0, 0.05) is 5.56 Å². The first-order chi connectivity index (χ1) is 16.6. The molecule has 0 unspecified atom stereocenters. The van der Waals surface area contributed by atoms with Crippen molar-refractivity contribution in [2.24, 2.45) is 0 Å². The lowest BCUT2D eigenvalue weighted by molar-refractivity contribution is -0.137. The first-order valence-electron chi connectivity index (χ1n) is 10.1. The molecule has 0 saturated carbocycles. The molecule has 0 aliphatic heterocycles. The van der Waals surface area contributed by atoms with E-state index in [1.165, 1.54) is 30.3 Å². The van der Waals surface area contributed by atoms with Crippen LogP contribution in [0.5, 0.6) is 5.75 Å². The number of ether oxygens (including phenoxy) is 1. The minimum Gasteiger partial charge on any atom is -0.495 e. The molecule has 0 aliphatic rings. The highest BCUT2D eigenvalue weighted by atomic mass is 19.4. The summed E-state index contributed by atoms with van der Waals surface area (Å²) in [6, 6.07) is 6.23. The van der Waals surface area contributed by atoms with E-state index in [2.05, 4.69) is 20.4 Å². The number of amides is 1. The molecule has 0 fully saturated rings. The second kappa shape index (κ2) is 9.18. The number of nitrogens with one attached hydrogen (secondary N) is 1. The Kier molecular flexibility index (Phi) is 6.26. The molecule has 4 aromatic rings.